The van der Waals surface area contributed by atoms with Gasteiger partial charge in [0.25, 0.3) is 0 Å². The van der Waals surface area contributed by atoms with Gasteiger partial charge in [0.05, 0.1) is 10.7 Å². The van der Waals surface area contributed by atoms with Crippen LogP contribution in [0.15, 0.2) is 6.07 Å². The quantitative estimate of drug-likeness (QED) is 0.846. The summed E-state index contributed by atoms with van der Waals surface area (Å²) in [4.78, 5) is 0. The number of fused-ring (bicyclic) bond motifs is 1. The Hall–Kier alpha value is -0.290. The standard InChI is InChI=1S/C13H18INO/c1-13(2)5-4-8-9(7-15)12(16-3)11(14)6-10(8)13/h6H,4-5,7,15H2,1-3H3. The van der Waals surface area contributed by atoms with Gasteiger partial charge >= 0.3 is 0 Å². The average molecular weight is 331 g/mol. The van der Waals surface area contributed by atoms with E-state index in [4.69, 9.17) is 10.5 Å². The zero-order valence-corrected chi connectivity index (χ0v) is 12.2. The molecule has 1 aromatic carbocycles. The third kappa shape index (κ3) is 1.74. The third-order valence-electron chi connectivity index (χ3n) is 3.59. The Kier molecular flexibility index (Phi) is 3.18. The van der Waals surface area contributed by atoms with Crippen molar-refractivity contribution in [3.05, 3.63) is 26.3 Å². The highest BCUT2D eigenvalue weighted by molar-refractivity contribution is 14.1. The molecule has 0 aliphatic heterocycles. The fourth-order valence-electron chi connectivity index (χ4n) is 2.62. The first-order valence-electron chi connectivity index (χ1n) is 5.60. The zero-order chi connectivity index (χ0) is 11.9. The van der Waals surface area contributed by atoms with Gasteiger partial charge in [-0.25, -0.2) is 0 Å². The van der Waals surface area contributed by atoms with E-state index in [0.29, 0.717) is 6.54 Å². The Labute approximate surface area is 111 Å². The molecular weight excluding hydrogens is 313 g/mol. The molecule has 1 aliphatic carbocycles. The Morgan fingerprint density at radius 1 is 1.50 bits per heavy atom. The maximum Gasteiger partial charge on any atom is 0.136 e. The zero-order valence-electron chi connectivity index (χ0n) is 10.1. The maximum absolute atomic E-state index is 5.87. The predicted octanol–water partition coefficient (Wildman–Crippen LogP) is 2.98. The number of ether oxygens (including phenoxy) is 1. The molecule has 0 fully saturated rings. The van der Waals surface area contributed by atoms with Crippen LogP contribution < -0.4 is 10.5 Å². The molecule has 0 spiro atoms. The van der Waals surface area contributed by atoms with Gasteiger partial charge in [-0.2, -0.15) is 0 Å². The summed E-state index contributed by atoms with van der Waals surface area (Å²) in [5.74, 6) is 0.972. The molecule has 1 aromatic rings. The lowest BCUT2D eigenvalue weighted by molar-refractivity contribution is 0.406. The summed E-state index contributed by atoms with van der Waals surface area (Å²) in [5, 5.41) is 0. The number of benzene rings is 1. The molecule has 0 saturated heterocycles. The number of hydrogen-bond donors (Lipinski definition) is 1. The summed E-state index contributed by atoms with van der Waals surface area (Å²) in [6.07, 6.45) is 2.33. The molecule has 2 N–H and O–H groups in total. The van der Waals surface area contributed by atoms with E-state index in [0.717, 1.165) is 12.2 Å². The lowest BCUT2D eigenvalue weighted by atomic mass is 9.86. The second kappa shape index (κ2) is 4.18. The molecule has 0 radical (unpaired) electrons. The lowest BCUT2D eigenvalue weighted by Gasteiger charge is -2.21. The van der Waals surface area contributed by atoms with E-state index in [1.807, 2.05) is 0 Å². The molecule has 2 rings (SSSR count). The van der Waals surface area contributed by atoms with Crippen LogP contribution in [0.4, 0.5) is 0 Å². The first-order valence-corrected chi connectivity index (χ1v) is 6.68. The highest BCUT2D eigenvalue weighted by atomic mass is 127. The number of rotatable bonds is 2. The van der Waals surface area contributed by atoms with Crippen LogP contribution in [-0.4, -0.2) is 7.11 Å². The van der Waals surface area contributed by atoms with Crippen LogP contribution in [-0.2, 0) is 18.4 Å². The Morgan fingerprint density at radius 3 is 2.75 bits per heavy atom. The number of methoxy groups -OCH3 is 1. The van der Waals surface area contributed by atoms with Crippen molar-refractivity contribution in [2.75, 3.05) is 7.11 Å². The summed E-state index contributed by atoms with van der Waals surface area (Å²) in [6.45, 7) is 5.18. The largest absolute Gasteiger partial charge is 0.495 e. The molecule has 0 aromatic heterocycles. The summed E-state index contributed by atoms with van der Waals surface area (Å²) >= 11 is 2.34. The van der Waals surface area contributed by atoms with Gasteiger partial charge in [-0.15, -0.1) is 0 Å². The molecular formula is C13H18INO. The highest BCUT2D eigenvalue weighted by Crippen LogP contribution is 2.44. The number of nitrogens with two attached hydrogens (primary N) is 1. The minimum Gasteiger partial charge on any atom is -0.495 e. The SMILES string of the molecule is COc1c(I)cc2c(c1CN)CCC2(C)C. The van der Waals surface area contributed by atoms with Gasteiger partial charge in [0.15, 0.2) is 0 Å². The van der Waals surface area contributed by atoms with E-state index in [2.05, 4.69) is 42.5 Å². The van der Waals surface area contributed by atoms with Crippen LogP contribution in [0, 0.1) is 3.57 Å². The molecule has 0 unspecified atom stereocenters. The average Bonchev–Trinajstić information content (AvgIpc) is 2.53. The minimum atomic E-state index is 0.283. The molecule has 0 amide bonds. The monoisotopic (exact) mass is 331 g/mol. The van der Waals surface area contributed by atoms with E-state index >= 15 is 0 Å². The summed E-state index contributed by atoms with van der Waals surface area (Å²) in [7, 11) is 1.73. The Bertz CT molecular complexity index is 426. The lowest BCUT2D eigenvalue weighted by Crippen LogP contribution is -2.13. The van der Waals surface area contributed by atoms with Crippen LogP contribution in [0.2, 0.25) is 0 Å². The van der Waals surface area contributed by atoms with Crippen molar-refractivity contribution < 1.29 is 4.74 Å². The van der Waals surface area contributed by atoms with Crippen LogP contribution in [0.3, 0.4) is 0 Å². The van der Waals surface area contributed by atoms with Gasteiger partial charge in [0.1, 0.15) is 5.75 Å². The normalized spacial score (nSPS) is 17.3. The third-order valence-corrected chi connectivity index (χ3v) is 4.39. The summed E-state index contributed by atoms with van der Waals surface area (Å²) < 4.78 is 6.65. The molecule has 0 atom stereocenters. The molecule has 0 heterocycles. The van der Waals surface area contributed by atoms with Crippen molar-refractivity contribution in [1.82, 2.24) is 0 Å². The first-order chi connectivity index (χ1) is 7.51. The van der Waals surface area contributed by atoms with Crippen LogP contribution in [0.5, 0.6) is 5.75 Å². The van der Waals surface area contributed by atoms with Crippen molar-refractivity contribution >= 4 is 22.6 Å². The molecule has 16 heavy (non-hydrogen) atoms. The topological polar surface area (TPSA) is 35.2 Å². The molecule has 2 nitrogen and oxygen atoms in total. The van der Waals surface area contributed by atoms with E-state index < -0.39 is 0 Å². The molecule has 3 heteroatoms. The van der Waals surface area contributed by atoms with Crippen molar-refractivity contribution in [3.63, 3.8) is 0 Å². The van der Waals surface area contributed by atoms with E-state index in [1.54, 1.807) is 7.11 Å². The smallest absolute Gasteiger partial charge is 0.136 e. The van der Waals surface area contributed by atoms with Gasteiger partial charge in [0, 0.05) is 12.1 Å². The minimum absolute atomic E-state index is 0.283. The molecule has 1 aliphatic rings. The van der Waals surface area contributed by atoms with Crippen LogP contribution in [0.1, 0.15) is 37.0 Å². The molecule has 0 bridgehead atoms. The van der Waals surface area contributed by atoms with Crippen molar-refractivity contribution in [3.8, 4) is 5.75 Å². The van der Waals surface area contributed by atoms with Crippen LogP contribution in [0.25, 0.3) is 0 Å². The summed E-state index contributed by atoms with van der Waals surface area (Å²) in [5.41, 5.74) is 10.2. The van der Waals surface area contributed by atoms with Gasteiger partial charge in [0.2, 0.25) is 0 Å². The second-order valence-electron chi connectivity index (χ2n) is 4.98. The van der Waals surface area contributed by atoms with E-state index in [9.17, 15) is 0 Å². The number of halogens is 1. The number of hydrogen-bond acceptors (Lipinski definition) is 2. The maximum atomic E-state index is 5.87. The van der Waals surface area contributed by atoms with Crippen molar-refractivity contribution in [1.29, 1.82) is 0 Å². The van der Waals surface area contributed by atoms with Crippen molar-refractivity contribution in [2.24, 2.45) is 5.73 Å². The van der Waals surface area contributed by atoms with Crippen LogP contribution >= 0.6 is 22.6 Å². The van der Waals surface area contributed by atoms with Gasteiger partial charge < -0.3 is 10.5 Å². The first kappa shape index (κ1) is 12.2. The fourth-order valence-corrected chi connectivity index (χ4v) is 3.48. The van der Waals surface area contributed by atoms with E-state index in [-0.39, 0.29) is 5.41 Å². The Morgan fingerprint density at radius 2 is 2.19 bits per heavy atom. The van der Waals surface area contributed by atoms with Gasteiger partial charge in [-0.3, -0.25) is 0 Å². The summed E-state index contributed by atoms with van der Waals surface area (Å²) in [6, 6.07) is 2.26. The predicted molar refractivity (Wildman–Crippen MR) is 74.9 cm³/mol. The fraction of sp³-hybridized carbons (Fsp3) is 0.538. The van der Waals surface area contributed by atoms with Gasteiger partial charge in [-0.05, 0) is 58.0 Å². The highest BCUT2D eigenvalue weighted by Gasteiger charge is 2.33. The molecule has 0 saturated carbocycles. The molecule has 88 valence electrons. The van der Waals surface area contributed by atoms with Gasteiger partial charge in [-0.1, -0.05) is 13.8 Å². The Balaban J connectivity index is 2.68. The van der Waals surface area contributed by atoms with Crippen molar-refractivity contribution in [2.45, 2.75) is 38.6 Å². The van der Waals surface area contributed by atoms with E-state index in [1.165, 1.54) is 26.7 Å². The second-order valence-corrected chi connectivity index (χ2v) is 6.15.